The van der Waals surface area contributed by atoms with Crippen molar-refractivity contribution in [1.29, 1.82) is 0 Å². The van der Waals surface area contributed by atoms with Crippen LogP contribution < -0.4 is 4.90 Å². The molecule has 0 atom stereocenters. The van der Waals surface area contributed by atoms with E-state index in [1.54, 1.807) is 35.5 Å². The number of esters is 1. The lowest BCUT2D eigenvalue weighted by atomic mass is 9.87. The molecule has 0 aliphatic carbocycles. The molecule has 1 aliphatic rings. The summed E-state index contributed by atoms with van der Waals surface area (Å²) in [6, 6.07) is 10.7. The summed E-state index contributed by atoms with van der Waals surface area (Å²) in [6.07, 6.45) is 2.20. The van der Waals surface area contributed by atoms with Gasteiger partial charge >= 0.3 is 5.97 Å². The van der Waals surface area contributed by atoms with Gasteiger partial charge in [-0.1, -0.05) is 32.9 Å². The molecule has 7 nitrogen and oxygen atoms in total. The minimum Gasteiger partial charge on any atom is -0.462 e. The van der Waals surface area contributed by atoms with Crippen LogP contribution in [0.2, 0.25) is 0 Å². The molecule has 1 aliphatic heterocycles. The fourth-order valence-corrected chi connectivity index (χ4v) is 5.02. The second kappa shape index (κ2) is 9.36. The molecule has 0 bridgehead atoms. The first-order chi connectivity index (χ1) is 14.6. The van der Waals surface area contributed by atoms with E-state index in [9.17, 15) is 13.2 Å². The molecule has 0 radical (unpaired) electrons. The van der Waals surface area contributed by atoms with E-state index in [2.05, 4.69) is 25.8 Å². The van der Waals surface area contributed by atoms with Crippen molar-refractivity contribution < 1.29 is 17.9 Å². The highest BCUT2D eigenvalue weighted by Gasteiger charge is 2.28. The van der Waals surface area contributed by atoms with Gasteiger partial charge in [-0.05, 0) is 48.6 Å². The van der Waals surface area contributed by atoms with E-state index in [1.165, 1.54) is 6.20 Å². The monoisotopic (exact) mass is 445 g/mol. The summed E-state index contributed by atoms with van der Waals surface area (Å²) in [5.74, 6) is 0.328. The number of aromatic nitrogens is 1. The maximum Gasteiger partial charge on any atom is 0.339 e. The predicted molar refractivity (Wildman–Crippen MR) is 121 cm³/mol. The van der Waals surface area contributed by atoms with Gasteiger partial charge in [0.25, 0.3) is 0 Å². The first-order valence-electron chi connectivity index (χ1n) is 10.6. The minimum absolute atomic E-state index is 0.0266. The Labute approximate surface area is 185 Å². The number of benzene rings is 1. The molecule has 0 N–H and O–H groups in total. The average molecular weight is 446 g/mol. The Hall–Kier alpha value is -2.45. The van der Waals surface area contributed by atoms with Crippen molar-refractivity contribution in [1.82, 2.24) is 9.29 Å². The third-order valence-electron chi connectivity index (χ3n) is 5.40. The summed E-state index contributed by atoms with van der Waals surface area (Å²) < 4.78 is 32.9. The van der Waals surface area contributed by atoms with Crippen LogP contribution in [0.15, 0.2) is 47.5 Å². The van der Waals surface area contributed by atoms with Gasteiger partial charge in [-0.15, -0.1) is 0 Å². The van der Waals surface area contributed by atoms with Crippen LogP contribution in [0.5, 0.6) is 0 Å². The lowest BCUT2D eigenvalue weighted by Gasteiger charge is -2.23. The van der Waals surface area contributed by atoms with Gasteiger partial charge in [0, 0.05) is 32.4 Å². The van der Waals surface area contributed by atoms with E-state index in [0.717, 1.165) is 11.4 Å². The molecule has 0 unspecified atom stereocenters. The first-order valence-corrected chi connectivity index (χ1v) is 12.1. The van der Waals surface area contributed by atoms with E-state index in [4.69, 9.17) is 4.74 Å². The van der Waals surface area contributed by atoms with Crippen LogP contribution in [0, 0.1) is 0 Å². The Morgan fingerprint density at radius 3 is 2.32 bits per heavy atom. The highest BCUT2D eigenvalue weighted by Crippen LogP contribution is 2.25. The lowest BCUT2D eigenvalue weighted by molar-refractivity contribution is 0.0526. The summed E-state index contributed by atoms with van der Waals surface area (Å²) in [6.45, 7) is 10.5. The van der Waals surface area contributed by atoms with Gasteiger partial charge in [0.1, 0.15) is 5.82 Å². The Kier molecular flexibility index (Phi) is 7.01. The van der Waals surface area contributed by atoms with Crippen LogP contribution in [0.25, 0.3) is 0 Å². The fourth-order valence-electron chi connectivity index (χ4n) is 3.55. The molecule has 168 valence electrons. The molecular formula is C23H31N3O4S. The third-order valence-corrected chi connectivity index (χ3v) is 7.31. The fraction of sp³-hybridized carbons (Fsp3) is 0.478. The maximum absolute atomic E-state index is 13.2. The SMILES string of the molecule is CCOC(=O)c1ccc(N2CCCN(S(=O)(=O)c3ccc(C(C)(C)C)cc3)CC2)nc1. The van der Waals surface area contributed by atoms with Gasteiger partial charge < -0.3 is 9.64 Å². The van der Waals surface area contributed by atoms with Crippen molar-refractivity contribution >= 4 is 21.8 Å². The number of hydrogen-bond donors (Lipinski definition) is 0. The Balaban J connectivity index is 1.69. The van der Waals surface area contributed by atoms with Gasteiger partial charge in [0.05, 0.1) is 17.1 Å². The zero-order valence-electron chi connectivity index (χ0n) is 18.7. The van der Waals surface area contributed by atoms with Crippen LogP contribution >= 0.6 is 0 Å². The number of sulfonamides is 1. The van der Waals surface area contributed by atoms with Crippen molar-refractivity contribution in [3.05, 3.63) is 53.7 Å². The number of nitrogens with zero attached hydrogens (tertiary/aromatic N) is 3. The molecule has 1 aromatic heterocycles. The summed E-state index contributed by atoms with van der Waals surface area (Å²) in [7, 11) is -3.55. The van der Waals surface area contributed by atoms with Crippen LogP contribution in [-0.2, 0) is 20.2 Å². The van der Waals surface area contributed by atoms with Crippen molar-refractivity contribution in [2.24, 2.45) is 0 Å². The average Bonchev–Trinajstić information content (AvgIpc) is 3.00. The van der Waals surface area contributed by atoms with E-state index in [0.29, 0.717) is 49.7 Å². The second-order valence-electron chi connectivity index (χ2n) is 8.64. The van der Waals surface area contributed by atoms with E-state index >= 15 is 0 Å². The Bertz CT molecular complexity index is 997. The van der Waals surface area contributed by atoms with Crippen molar-refractivity contribution in [3.63, 3.8) is 0 Å². The highest BCUT2D eigenvalue weighted by molar-refractivity contribution is 7.89. The standard InChI is InChI=1S/C23H31N3O4S/c1-5-30-22(27)18-7-12-21(24-17-18)25-13-6-14-26(16-15-25)31(28,29)20-10-8-19(9-11-20)23(2,3)4/h7-12,17H,5-6,13-16H2,1-4H3. The van der Waals surface area contributed by atoms with Crippen LogP contribution in [0.4, 0.5) is 5.82 Å². The number of ether oxygens (including phenoxy) is 1. The quantitative estimate of drug-likeness (QED) is 0.656. The molecule has 3 rings (SSSR count). The number of hydrogen-bond acceptors (Lipinski definition) is 6. The summed E-state index contributed by atoms with van der Waals surface area (Å²) in [4.78, 5) is 18.6. The molecule has 0 amide bonds. The maximum atomic E-state index is 13.2. The van der Waals surface area contributed by atoms with Gasteiger partial charge in [-0.3, -0.25) is 0 Å². The molecule has 2 heterocycles. The Morgan fingerprint density at radius 1 is 1.03 bits per heavy atom. The van der Waals surface area contributed by atoms with E-state index < -0.39 is 16.0 Å². The molecule has 8 heteroatoms. The van der Waals surface area contributed by atoms with Gasteiger partial charge in [-0.2, -0.15) is 4.31 Å². The molecule has 0 spiro atoms. The lowest BCUT2D eigenvalue weighted by Crippen LogP contribution is -2.35. The highest BCUT2D eigenvalue weighted by atomic mass is 32.2. The summed E-state index contributed by atoms with van der Waals surface area (Å²) in [5, 5.41) is 0. The van der Waals surface area contributed by atoms with E-state index in [-0.39, 0.29) is 5.41 Å². The normalized spacial score (nSPS) is 16.1. The largest absolute Gasteiger partial charge is 0.462 e. The molecule has 1 fully saturated rings. The molecule has 1 saturated heterocycles. The molecule has 0 saturated carbocycles. The van der Waals surface area contributed by atoms with Gasteiger partial charge in [-0.25, -0.2) is 18.2 Å². The van der Waals surface area contributed by atoms with Gasteiger partial charge in [0.15, 0.2) is 0 Å². The second-order valence-corrected chi connectivity index (χ2v) is 10.6. The Morgan fingerprint density at radius 2 is 1.74 bits per heavy atom. The van der Waals surface area contributed by atoms with Gasteiger partial charge in [0.2, 0.25) is 10.0 Å². The minimum atomic E-state index is -3.55. The number of rotatable bonds is 5. The molecule has 1 aromatic carbocycles. The number of pyridine rings is 1. The number of carbonyl (C=O) groups excluding carboxylic acids is 1. The first kappa shape index (κ1) is 23.2. The van der Waals surface area contributed by atoms with Crippen LogP contribution in [0.3, 0.4) is 0 Å². The third kappa shape index (κ3) is 5.43. The zero-order valence-corrected chi connectivity index (χ0v) is 19.5. The van der Waals surface area contributed by atoms with Crippen molar-refractivity contribution in [2.75, 3.05) is 37.7 Å². The number of anilines is 1. The zero-order chi connectivity index (χ0) is 22.6. The number of carbonyl (C=O) groups is 1. The van der Waals surface area contributed by atoms with Crippen molar-refractivity contribution in [2.45, 2.75) is 44.4 Å². The van der Waals surface area contributed by atoms with E-state index in [1.807, 2.05) is 17.0 Å². The topological polar surface area (TPSA) is 79.8 Å². The molecular weight excluding hydrogens is 414 g/mol. The smallest absolute Gasteiger partial charge is 0.339 e. The molecule has 2 aromatic rings. The summed E-state index contributed by atoms with van der Waals surface area (Å²) in [5.41, 5.74) is 1.48. The van der Waals surface area contributed by atoms with Crippen molar-refractivity contribution in [3.8, 4) is 0 Å². The van der Waals surface area contributed by atoms with Crippen LogP contribution in [-0.4, -0.2) is 56.5 Å². The van der Waals surface area contributed by atoms with Crippen LogP contribution in [0.1, 0.15) is 50.0 Å². The predicted octanol–water partition coefficient (Wildman–Crippen LogP) is 3.46. The summed E-state index contributed by atoms with van der Waals surface area (Å²) >= 11 is 0. The molecule has 31 heavy (non-hydrogen) atoms.